The molecule has 8 heteroatoms. The second-order valence-electron chi connectivity index (χ2n) is 9.31. The molecule has 0 saturated heterocycles. The maximum Gasteiger partial charge on any atom is 0.341 e. The topological polar surface area (TPSA) is 93.5 Å². The van der Waals surface area contributed by atoms with E-state index >= 15 is 0 Å². The number of nitrogens with zero attached hydrogens (tertiary/aromatic N) is 2. The molecule has 2 aliphatic rings. The minimum absolute atomic E-state index is 0.0858. The smallest absolute Gasteiger partial charge is 0.341 e. The van der Waals surface area contributed by atoms with E-state index in [-0.39, 0.29) is 11.7 Å². The van der Waals surface area contributed by atoms with Crippen LogP contribution in [-0.4, -0.2) is 33.2 Å². The van der Waals surface area contributed by atoms with Gasteiger partial charge >= 0.3 is 5.97 Å². The van der Waals surface area contributed by atoms with Crippen LogP contribution in [0.5, 0.6) is 5.75 Å². The number of hydrogen-bond donors (Lipinski definition) is 2. The summed E-state index contributed by atoms with van der Waals surface area (Å²) in [6.07, 6.45) is 1.13. The number of ketones is 1. The fourth-order valence-corrected chi connectivity index (χ4v) is 6.29. The van der Waals surface area contributed by atoms with Crippen molar-refractivity contribution in [3.05, 3.63) is 105 Å². The minimum Gasteiger partial charge on any atom is -0.482 e. The molecule has 0 saturated carbocycles. The number of aromatic nitrogens is 2. The van der Waals surface area contributed by atoms with Crippen LogP contribution in [0.4, 0.5) is 5.82 Å². The number of allylic oxidation sites excluding steroid dienone is 2. The van der Waals surface area contributed by atoms with Gasteiger partial charge in [-0.1, -0.05) is 42.5 Å². The molecule has 2 aromatic heterocycles. The quantitative estimate of drug-likeness (QED) is 0.347. The van der Waals surface area contributed by atoms with Crippen LogP contribution < -0.4 is 10.1 Å². The lowest BCUT2D eigenvalue weighted by molar-refractivity contribution is -0.139. The highest BCUT2D eigenvalue weighted by molar-refractivity contribution is 7.10. The van der Waals surface area contributed by atoms with E-state index in [0.29, 0.717) is 24.2 Å². The predicted molar refractivity (Wildman–Crippen MR) is 142 cm³/mol. The highest BCUT2D eigenvalue weighted by Crippen LogP contribution is 2.51. The van der Waals surface area contributed by atoms with Crippen LogP contribution in [0.2, 0.25) is 0 Å². The molecule has 186 valence electrons. The Labute approximate surface area is 218 Å². The molecule has 37 heavy (non-hydrogen) atoms. The van der Waals surface area contributed by atoms with Crippen LogP contribution in [-0.2, 0) is 9.59 Å². The van der Waals surface area contributed by atoms with E-state index in [0.717, 1.165) is 34.0 Å². The Morgan fingerprint density at radius 3 is 2.65 bits per heavy atom. The largest absolute Gasteiger partial charge is 0.482 e. The van der Waals surface area contributed by atoms with E-state index in [1.54, 1.807) is 17.4 Å². The average Bonchev–Trinajstić information content (AvgIpc) is 3.56. The number of carboxylic acids is 1. The van der Waals surface area contributed by atoms with Crippen molar-refractivity contribution in [1.82, 2.24) is 9.78 Å². The van der Waals surface area contributed by atoms with Gasteiger partial charge in [-0.05, 0) is 43.0 Å². The number of carbonyl (C=O) groups is 2. The molecule has 7 nitrogen and oxygen atoms in total. The van der Waals surface area contributed by atoms with Gasteiger partial charge < -0.3 is 15.2 Å². The Balaban J connectivity index is 1.54. The number of anilines is 1. The molecule has 0 bridgehead atoms. The summed E-state index contributed by atoms with van der Waals surface area (Å²) in [5.41, 5.74) is 4.97. The molecular weight excluding hydrogens is 486 g/mol. The summed E-state index contributed by atoms with van der Waals surface area (Å²) in [5.74, 6) is -0.0158. The van der Waals surface area contributed by atoms with Gasteiger partial charge in [-0.3, -0.25) is 4.79 Å². The summed E-state index contributed by atoms with van der Waals surface area (Å²) in [5, 5.41) is 19.8. The Morgan fingerprint density at radius 1 is 1.11 bits per heavy atom. The molecule has 0 fully saturated rings. The summed E-state index contributed by atoms with van der Waals surface area (Å²) in [4.78, 5) is 26.3. The van der Waals surface area contributed by atoms with Crippen molar-refractivity contribution in [1.29, 1.82) is 0 Å². The number of Topliss-reactive ketones (excluding diaryl/α,β-unsaturated/α-hetero) is 1. The fraction of sp³-hybridized carbons (Fsp3) is 0.207. The van der Waals surface area contributed by atoms with Gasteiger partial charge in [0.15, 0.2) is 12.4 Å². The van der Waals surface area contributed by atoms with E-state index in [9.17, 15) is 14.7 Å². The first kappa shape index (κ1) is 23.2. The lowest BCUT2D eigenvalue weighted by Gasteiger charge is -2.36. The van der Waals surface area contributed by atoms with Gasteiger partial charge in [-0.2, -0.15) is 5.10 Å². The van der Waals surface area contributed by atoms with Gasteiger partial charge in [-0.15, -0.1) is 11.3 Å². The van der Waals surface area contributed by atoms with E-state index in [1.165, 1.54) is 4.88 Å². The average molecular weight is 512 g/mol. The lowest BCUT2D eigenvalue weighted by Crippen LogP contribution is -2.30. The Kier molecular flexibility index (Phi) is 5.88. The number of fused-ring (bicyclic) bond motifs is 1. The number of para-hydroxylation sites is 2. The molecule has 0 unspecified atom stereocenters. The molecule has 2 atom stereocenters. The highest BCUT2D eigenvalue weighted by Gasteiger charge is 2.42. The predicted octanol–water partition coefficient (Wildman–Crippen LogP) is 5.66. The zero-order valence-corrected chi connectivity index (χ0v) is 21.0. The molecule has 2 N–H and O–H groups in total. The van der Waals surface area contributed by atoms with Gasteiger partial charge in [0.1, 0.15) is 11.6 Å². The second kappa shape index (κ2) is 9.37. The third-order valence-electron chi connectivity index (χ3n) is 6.99. The van der Waals surface area contributed by atoms with E-state index in [1.807, 2.05) is 71.6 Å². The summed E-state index contributed by atoms with van der Waals surface area (Å²) in [6, 6.07) is 21.4. The van der Waals surface area contributed by atoms with Crippen LogP contribution in [0.15, 0.2) is 83.4 Å². The SMILES string of the molecule is Cc1nn(-c2ccccc2)c2c1[C@H](c1ccccc1OCC(=O)O)C1=C(C[C@H](c3cccs3)CC1=O)N2. The Hall–Kier alpha value is -4.17. The van der Waals surface area contributed by atoms with Crippen molar-refractivity contribution in [2.45, 2.75) is 31.6 Å². The number of carboxylic acid groups (broad SMARTS) is 1. The number of hydrogen-bond acceptors (Lipinski definition) is 6. The van der Waals surface area contributed by atoms with Gasteiger partial charge in [0.05, 0.1) is 11.4 Å². The summed E-state index contributed by atoms with van der Waals surface area (Å²) < 4.78 is 7.60. The standard InChI is InChI=1S/C29H25N3O4S/c1-17-26-27(20-10-5-6-11-23(20)36-16-25(34)35)28-21(14-18(15-22(28)33)24-12-7-13-37-24)30-29(26)32(31-17)19-8-3-2-4-9-19/h2-13,18,27,30H,14-16H2,1H3,(H,34,35)/t18-,27-/m0/s1. The molecule has 3 heterocycles. The minimum atomic E-state index is -1.05. The monoisotopic (exact) mass is 511 g/mol. The number of aryl methyl sites for hydroxylation is 1. The molecule has 6 rings (SSSR count). The van der Waals surface area contributed by atoms with Gasteiger partial charge in [-0.25, -0.2) is 9.48 Å². The first-order chi connectivity index (χ1) is 18.0. The Morgan fingerprint density at radius 2 is 1.89 bits per heavy atom. The van der Waals surface area contributed by atoms with Crippen molar-refractivity contribution in [2.75, 3.05) is 11.9 Å². The fourth-order valence-electron chi connectivity index (χ4n) is 5.46. The second-order valence-corrected chi connectivity index (χ2v) is 10.3. The van der Waals surface area contributed by atoms with E-state index in [2.05, 4.69) is 11.4 Å². The van der Waals surface area contributed by atoms with Crippen LogP contribution >= 0.6 is 11.3 Å². The number of benzene rings is 2. The van der Waals surface area contributed by atoms with Crippen LogP contribution in [0.25, 0.3) is 5.69 Å². The number of nitrogens with one attached hydrogen (secondary N) is 1. The zero-order valence-electron chi connectivity index (χ0n) is 20.2. The maximum atomic E-state index is 13.8. The Bertz CT molecular complexity index is 1520. The van der Waals surface area contributed by atoms with E-state index < -0.39 is 18.5 Å². The summed E-state index contributed by atoms with van der Waals surface area (Å²) in [6.45, 7) is 1.48. The lowest BCUT2D eigenvalue weighted by atomic mass is 9.73. The maximum absolute atomic E-state index is 13.8. The number of carbonyl (C=O) groups excluding carboxylic acids is 1. The molecule has 0 radical (unpaired) electrons. The number of rotatable bonds is 6. The molecule has 1 aliphatic carbocycles. The molecule has 4 aromatic rings. The molecular formula is C29H25N3O4S. The molecule has 1 aliphatic heterocycles. The third kappa shape index (κ3) is 4.13. The highest BCUT2D eigenvalue weighted by atomic mass is 32.1. The van der Waals surface area contributed by atoms with Crippen molar-refractivity contribution < 1.29 is 19.4 Å². The van der Waals surface area contributed by atoms with Gasteiger partial charge in [0.2, 0.25) is 0 Å². The van der Waals surface area contributed by atoms with Crippen LogP contribution in [0.1, 0.15) is 46.4 Å². The summed E-state index contributed by atoms with van der Waals surface area (Å²) >= 11 is 1.67. The van der Waals surface area contributed by atoms with Crippen molar-refractivity contribution in [3.8, 4) is 11.4 Å². The van der Waals surface area contributed by atoms with Gasteiger partial charge in [0.25, 0.3) is 0 Å². The normalized spacial score (nSPS) is 18.7. The number of thiophene rings is 1. The molecule has 0 spiro atoms. The zero-order chi connectivity index (χ0) is 25.5. The number of ether oxygens (including phenoxy) is 1. The first-order valence-electron chi connectivity index (χ1n) is 12.2. The van der Waals surface area contributed by atoms with Crippen LogP contribution in [0.3, 0.4) is 0 Å². The van der Waals surface area contributed by atoms with Crippen molar-refractivity contribution in [2.24, 2.45) is 0 Å². The molecule has 0 amide bonds. The van der Waals surface area contributed by atoms with Crippen molar-refractivity contribution in [3.63, 3.8) is 0 Å². The molecule has 2 aromatic carbocycles. The first-order valence-corrected chi connectivity index (χ1v) is 13.0. The summed E-state index contributed by atoms with van der Waals surface area (Å²) in [7, 11) is 0. The number of aliphatic carboxylic acids is 1. The van der Waals surface area contributed by atoms with Gasteiger partial charge in [0, 0.05) is 45.5 Å². The van der Waals surface area contributed by atoms with E-state index in [4.69, 9.17) is 9.84 Å². The van der Waals surface area contributed by atoms with Crippen LogP contribution in [0, 0.1) is 6.92 Å². The van der Waals surface area contributed by atoms with Crippen molar-refractivity contribution >= 4 is 28.9 Å². The third-order valence-corrected chi connectivity index (χ3v) is 8.02.